The standard InChI is InChI=1S/C14H17N3O.C14H16N2O.CH2Cl2.ClH.H3NO/c1-11(2)8-14-9-12(10-15-18)16-17(14)13-6-4-3-5-7-13;1-11(2)8-14-9-12(10-17)15-16(14)13-6-4-3-5-7-13;2-1-3;;1-2/h3-7,9-11,18H,8H2,1-2H3;3-7,9-11H,8H2,1-2H3;1H2;1H;2H,1H2/b15-10+;;;;. The number of nitrogens with two attached hydrogens (primary N) is 1. The van der Waals surface area contributed by atoms with Crippen molar-refractivity contribution in [2.24, 2.45) is 22.9 Å². The summed E-state index contributed by atoms with van der Waals surface area (Å²) in [6.45, 7) is 8.65. The second kappa shape index (κ2) is 21.5. The summed E-state index contributed by atoms with van der Waals surface area (Å²) >= 11 is 9.53. The highest BCUT2D eigenvalue weighted by Gasteiger charge is 2.11. The first-order valence-corrected chi connectivity index (χ1v) is 13.7. The van der Waals surface area contributed by atoms with Crippen LogP contribution in [0.15, 0.2) is 78.0 Å². The van der Waals surface area contributed by atoms with Crippen molar-refractivity contribution in [1.82, 2.24) is 19.6 Å². The first-order valence-electron chi connectivity index (χ1n) is 12.6. The van der Waals surface area contributed by atoms with E-state index < -0.39 is 0 Å². The van der Waals surface area contributed by atoms with Crippen LogP contribution in [0, 0.1) is 11.8 Å². The van der Waals surface area contributed by atoms with Crippen molar-refractivity contribution in [3.8, 4) is 11.4 Å². The van der Waals surface area contributed by atoms with Crippen molar-refractivity contribution < 1.29 is 15.2 Å². The highest BCUT2D eigenvalue weighted by molar-refractivity contribution is 6.40. The lowest BCUT2D eigenvalue weighted by atomic mass is 10.1. The molecule has 2 aromatic carbocycles. The van der Waals surface area contributed by atoms with Gasteiger partial charge in [0.05, 0.1) is 22.9 Å². The van der Waals surface area contributed by atoms with Crippen LogP contribution in [0.25, 0.3) is 11.4 Å². The topological polar surface area (TPSA) is 132 Å². The molecule has 2 aromatic heterocycles. The number of aromatic nitrogens is 4. The lowest BCUT2D eigenvalue weighted by Gasteiger charge is -2.08. The molecule has 0 spiro atoms. The summed E-state index contributed by atoms with van der Waals surface area (Å²) < 4.78 is 3.75. The molecule has 4 rings (SSSR count). The Kier molecular flexibility index (Phi) is 19.8. The van der Waals surface area contributed by atoms with Crippen LogP contribution in [-0.4, -0.2) is 47.8 Å². The average molecular weight is 626 g/mol. The molecule has 0 saturated carbocycles. The van der Waals surface area contributed by atoms with E-state index in [1.807, 2.05) is 82.2 Å². The maximum absolute atomic E-state index is 10.8. The number of hydrogen-bond donors (Lipinski definition) is 3. The third-order valence-corrected chi connectivity index (χ3v) is 5.15. The molecule has 0 unspecified atom stereocenters. The third-order valence-electron chi connectivity index (χ3n) is 5.15. The molecule has 224 valence electrons. The van der Waals surface area contributed by atoms with Crippen LogP contribution in [0.3, 0.4) is 0 Å². The number of para-hydroxylation sites is 2. The summed E-state index contributed by atoms with van der Waals surface area (Å²) in [6.07, 6.45) is 3.99. The van der Waals surface area contributed by atoms with Crippen LogP contribution < -0.4 is 5.90 Å². The van der Waals surface area contributed by atoms with Crippen molar-refractivity contribution in [1.29, 1.82) is 0 Å². The van der Waals surface area contributed by atoms with Crippen molar-refractivity contribution in [3.05, 3.63) is 95.6 Å². The van der Waals surface area contributed by atoms with Crippen LogP contribution in [0.1, 0.15) is 55.3 Å². The Hall–Kier alpha value is -3.21. The van der Waals surface area contributed by atoms with Gasteiger partial charge in [0.2, 0.25) is 0 Å². The average Bonchev–Trinajstić information content (AvgIpc) is 3.54. The van der Waals surface area contributed by atoms with Gasteiger partial charge in [-0.2, -0.15) is 10.2 Å². The van der Waals surface area contributed by atoms with E-state index in [-0.39, 0.29) is 17.7 Å². The zero-order valence-corrected chi connectivity index (χ0v) is 26.0. The number of halogens is 3. The molecule has 0 aliphatic heterocycles. The number of nitrogens with zero attached hydrogens (tertiary/aromatic N) is 5. The second-order valence-corrected chi connectivity index (χ2v) is 10.1. The Balaban J connectivity index is 0.000000662. The minimum atomic E-state index is 0. The fourth-order valence-electron chi connectivity index (χ4n) is 3.77. The van der Waals surface area contributed by atoms with Crippen molar-refractivity contribution in [2.45, 2.75) is 40.5 Å². The van der Waals surface area contributed by atoms with E-state index in [9.17, 15) is 4.79 Å². The van der Waals surface area contributed by atoms with Crippen molar-refractivity contribution in [2.75, 3.05) is 5.34 Å². The lowest BCUT2D eigenvalue weighted by molar-refractivity contribution is 0.111. The Morgan fingerprint density at radius 1 is 0.805 bits per heavy atom. The first kappa shape index (κ1) is 37.8. The molecule has 9 nitrogen and oxygen atoms in total. The number of rotatable bonds is 8. The van der Waals surface area contributed by atoms with Gasteiger partial charge in [-0.15, -0.1) is 35.6 Å². The Bertz CT molecular complexity index is 1260. The highest BCUT2D eigenvalue weighted by Crippen LogP contribution is 2.16. The third kappa shape index (κ3) is 13.3. The summed E-state index contributed by atoms with van der Waals surface area (Å²) in [5, 5.41) is 27.1. The molecule has 0 bridgehead atoms. The fraction of sp³-hybridized carbons (Fsp3) is 0.310. The Labute approximate surface area is 258 Å². The Morgan fingerprint density at radius 3 is 1.51 bits per heavy atom. The molecule has 0 fully saturated rings. The Morgan fingerprint density at radius 2 is 1.17 bits per heavy atom. The maximum atomic E-state index is 10.8. The van der Waals surface area contributed by atoms with Gasteiger partial charge in [-0.3, -0.25) is 4.79 Å². The molecule has 0 atom stereocenters. The summed E-state index contributed by atoms with van der Waals surface area (Å²) in [5.74, 6) is 4.58. The number of benzene rings is 2. The van der Waals surface area contributed by atoms with Gasteiger partial charge in [-0.1, -0.05) is 69.2 Å². The van der Waals surface area contributed by atoms with Gasteiger partial charge < -0.3 is 10.4 Å². The van der Waals surface area contributed by atoms with E-state index in [2.05, 4.69) is 48.9 Å². The largest absolute Gasteiger partial charge is 0.411 e. The van der Waals surface area contributed by atoms with Gasteiger partial charge in [0.1, 0.15) is 11.4 Å². The van der Waals surface area contributed by atoms with Crippen LogP contribution in [0.4, 0.5) is 0 Å². The molecule has 0 aliphatic carbocycles. The molecule has 0 aliphatic rings. The predicted molar refractivity (Wildman–Crippen MR) is 169 cm³/mol. The van der Waals surface area contributed by atoms with Crippen LogP contribution in [0.2, 0.25) is 0 Å². The van der Waals surface area contributed by atoms with Gasteiger partial charge >= 0.3 is 0 Å². The highest BCUT2D eigenvalue weighted by atomic mass is 35.5. The van der Waals surface area contributed by atoms with Gasteiger partial charge in [0.25, 0.3) is 0 Å². The van der Waals surface area contributed by atoms with E-state index in [0.29, 0.717) is 23.2 Å². The van der Waals surface area contributed by atoms with Crippen molar-refractivity contribution >= 4 is 48.1 Å². The molecule has 12 heteroatoms. The van der Waals surface area contributed by atoms with Gasteiger partial charge in [0, 0.05) is 11.4 Å². The predicted octanol–water partition coefficient (Wildman–Crippen LogP) is 6.94. The lowest BCUT2D eigenvalue weighted by Crippen LogP contribution is -2.05. The van der Waals surface area contributed by atoms with E-state index in [1.54, 1.807) is 0 Å². The summed E-state index contributed by atoms with van der Waals surface area (Å²) in [6, 6.07) is 23.7. The number of carbonyl (C=O) groups excluding carboxylic acids is 1. The zero-order valence-electron chi connectivity index (χ0n) is 23.6. The smallest absolute Gasteiger partial charge is 0.170 e. The maximum Gasteiger partial charge on any atom is 0.170 e. The number of oxime groups is 1. The summed E-state index contributed by atoms with van der Waals surface area (Å²) in [7, 11) is 0. The SMILES string of the molecule is CC(C)Cc1cc(/C=N/O)nn1-c1ccccc1.CC(C)Cc1cc(C=O)nn1-c1ccccc1.Cl.ClCCl.NO. The molecule has 2 heterocycles. The zero-order chi connectivity index (χ0) is 29.9. The van der Waals surface area contributed by atoms with Crippen LogP contribution in [0.5, 0.6) is 0 Å². The van der Waals surface area contributed by atoms with E-state index >= 15 is 0 Å². The monoisotopic (exact) mass is 624 g/mol. The first-order chi connectivity index (χ1) is 19.3. The van der Waals surface area contributed by atoms with Gasteiger partial charge in [0.15, 0.2) is 6.29 Å². The molecule has 0 saturated heterocycles. The molecule has 4 aromatic rings. The molecule has 0 radical (unpaired) electrons. The number of aldehydes is 1. The van der Waals surface area contributed by atoms with E-state index in [0.717, 1.165) is 41.9 Å². The quantitative estimate of drug-likeness (QED) is 0.0639. The molecule has 4 N–H and O–H groups in total. The minimum Gasteiger partial charge on any atom is -0.411 e. The molecular formula is C29H39Cl3N6O3. The molecule has 41 heavy (non-hydrogen) atoms. The number of hydrogen-bond acceptors (Lipinski definition) is 7. The number of carbonyl (C=O) groups is 1. The minimum absolute atomic E-state index is 0. The van der Waals surface area contributed by atoms with Crippen LogP contribution in [-0.2, 0) is 12.8 Å². The molecule has 0 amide bonds. The fourth-order valence-corrected chi connectivity index (χ4v) is 3.77. The summed E-state index contributed by atoms with van der Waals surface area (Å²) in [5.41, 5.74) is 5.36. The van der Waals surface area contributed by atoms with E-state index in [4.69, 9.17) is 33.6 Å². The van der Waals surface area contributed by atoms with E-state index in [1.165, 1.54) is 6.21 Å². The number of alkyl halides is 2. The summed E-state index contributed by atoms with van der Waals surface area (Å²) in [4.78, 5) is 10.8. The normalized spacial score (nSPS) is 10.1. The molecular weight excluding hydrogens is 587 g/mol. The van der Waals surface area contributed by atoms with Gasteiger partial charge in [-0.05, 0) is 61.1 Å². The van der Waals surface area contributed by atoms with Gasteiger partial charge in [-0.25, -0.2) is 15.3 Å². The van der Waals surface area contributed by atoms with Crippen molar-refractivity contribution in [3.63, 3.8) is 0 Å². The second-order valence-electron chi connectivity index (χ2n) is 9.28. The van der Waals surface area contributed by atoms with Crippen LogP contribution >= 0.6 is 35.6 Å².